The van der Waals surface area contributed by atoms with Crippen LogP contribution < -0.4 is 10.6 Å². The van der Waals surface area contributed by atoms with Crippen molar-refractivity contribution < 1.29 is 9.53 Å². The second-order valence-electron chi connectivity index (χ2n) is 4.72. The van der Waals surface area contributed by atoms with E-state index in [1.807, 2.05) is 0 Å². The van der Waals surface area contributed by atoms with Gasteiger partial charge in [-0.3, -0.25) is 4.79 Å². The van der Waals surface area contributed by atoms with Gasteiger partial charge in [-0.2, -0.15) is 0 Å². The van der Waals surface area contributed by atoms with Gasteiger partial charge in [0.05, 0.1) is 12.1 Å². The number of nitrogens with one attached hydrogen (secondary N) is 2. The molecule has 2 aliphatic rings. The van der Waals surface area contributed by atoms with Gasteiger partial charge in [0.1, 0.15) is 0 Å². The van der Waals surface area contributed by atoms with Crippen LogP contribution in [-0.2, 0) is 9.53 Å². The summed E-state index contributed by atoms with van der Waals surface area (Å²) in [6, 6.07) is 0.0175. The van der Waals surface area contributed by atoms with E-state index in [0.717, 1.165) is 45.4 Å². The van der Waals surface area contributed by atoms with Crippen LogP contribution in [0.4, 0.5) is 0 Å². The molecule has 2 fully saturated rings. The summed E-state index contributed by atoms with van der Waals surface area (Å²) in [5, 5.41) is 6.29. The fourth-order valence-electron chi connectivity index (χ4n) is 2.42. The molecule has 2 saturated heterocycles. The predicted molar refractivity (Wildman–Crippen MR) is 62.2 cm³/mol. The fourth-order valence-corrected chi connectivity index (χ4v) is 2.42. The Morgan fingerprint density at radius 2 is 2.25 bits per heavy atom. The molecule has 2 aliphatic heterocycles. The summed E-state index contributed by atoms with van der Waals surface area (Å²) < 4.78 is 5.55. The van der Waals surface area contributed by atoms with E-state index in [2.05, 4.69) is 10.6 Å². The molecule has 2 unspecified atom stereocenters. The van der Waals surface area contributed by atoms with Crippen LogP contribution in [0.3, 0.4) is 0 Å². The van der Waals surface area contributed by atoms with Crippen molar-refractivity contribution in [3.63, 3.8) is 0 Å². The third-order valence-corrected chi connectivity index (χ3v) is 3.42. The van der Waals surface area contributed by atoms with Crippen LogP contribution in [0.25, 0.3) is 0 Å². The normalized spacial score (nSPS) is 31.1. The highest BCUT2D eigenvalue weighted by Crippen LogP contribution is 2.14. The monoisotopic (exact) mass is 226 g/mol. The highest BCUT2D eigenvalue weighted by Gasteiger charge is 2.21. The SMILES string of the molecule is O=C1NCCCCC1NCCC1CCCO1. The predicted octanol–water partition coefficient (Wildman–Crippen LogP) is 0.814. The summed E-state index contributed by atoms with van der Waals surface area (Å²) in [4.78, 5) is 11.6. The van der Waals surface area contributed by atoms with Crippen molar-refractivity contribution in [1.82, 2.24) is 10.6 Å². The fraction of sp³-hybridized carbons (Fsp3) is 0.917. The Hall–Kier alpha value is -0.610. The van der Waals surface area contributed by atoms with Crippen LogP contribution >= 0.6 is 0 Å². The van der Waals surface area contributed by atoms with E-state index in [9.17, 15) is 4.79 Å². The summed E-state index contributed by atoms with van der Waals surface area (Å²) in [6.07, 6.45) is 7.03. The molecule has 1 amide bonds. The molecular formula is C12H22N2O2. The Kier molecular flexibility index (Phi) is 4.60. The van der Waals surface area contributed by atoms with Crippen molar-refractivity contribution in [3.05, 3.63) is 0 Å². The molecule has 2 N–H and O–H groups in total. The summed E-state index contributed by atoms with van der Waals surface area (Å²) in [5.74, 6) is 0.171. The molecule has 4 heteroatoms. The topological polar surface area (TPSA) is 50.4 Å². The Bertz CT molecular complexity index is 227. The lowest BCUT2D eigenvalue weighted by atomic mass is 10.1. The number of hydrogen-bond acceptors (Lipinski definition) is 3. The molecule has 0 aromatic rings. The molecule has 0 bridgehead atoms. The average Bonchev–Trinajstić information content (AvgIpc) is 2.71. The third-order valence-electron chi connectivity index (χ3n) is 3.42. The van der Waals surface area contributed by atoms with Gasteiger partial charge in [-0.05, 0) is 45.1 Å². The molecule has 2 heterocycles. The number of carbonyl (C=O) groups is 1. The molecule has 4 nitrogen and oxygen atoms in total. The van der Waals surface area contributed by atoms with Crippen LogP contribution in [0, 0.1) is 0 Å². The Morgan fingerprint density at radius 3 is 3.06 bits per heavy atom. The van der Waals surface area contributed by atoms with Crippen molar-refractivity contribution >= 4 is 5.91 Å². The van der Waals surface area contributed by atoms with Gasteiger partial charge in [-0.1, -0.05) is 0 Å². The van der Waals surface area contributed by atoms with Gasteiger partial charge in [0.25, 0.3) is 0 Å². The lowest BCUT2D eigenvalue weighted by molar-refractivity contribution is -0.122. The van der Waals surface area contributed by atoms with Crippen LogP contribution in [0.2, 0.25) is 0 Å². The van der Waals surface area contributed by atoms with Gasteiger partial charge >= 0.3 is 0 Å². The molecular weight excluding hydrogens is 204 g/mol. The summed E-state index contributed by atoms with van der Waals surface area (Å²) in [5.41, 5.74) is 0. The van der Waals surface area contributed by atoms with Crippen molar-refractivity contribution in [2.24, 2.45) is 0 Å². The number of ether oxygens (including phenoxy) is 1. The molecule has 0 aliphatic carbocycles. The average molecular weight is 226 g/mol. The van der Waals surface area contributed by atoms with E-state index < -0.39 is 0 Å². The van der Waals surface area contributed by atoms with Gasteiger partial charge in [0.15, 0.2) is 0 Å². The van der Waals surface area contributed by atoms with E-state index in [0.29, 0.717) is 6.10 Å². The maximum Gasteiger partial charge on any atom is 0.237 e. The summed E-state index contributed by atoms with van der Waals surface area (Å²) in [7, 11) is 0. The number of amides is 1. The number of carbonyl (C=O) groups excluding carboxylic acids is 1. The third kappa shape index (κ3) is 3.46. The molecule has 2 rings (SSSR count). The summed E-state index contributed by atoms with van der Waals surface area (Å²) in [6.45, 7) is 2.64. The maximum absolute atomic E-state index is 11.6. The quantitative estimate of drug-likeness (QED) is 0.746. The van der Waals surface area contributed by atoms with E-state index in [1.165, 1.54) is 12.8 Å². The maximum atomic E-state index is 11.6. The molecule has 0 spiro atoms. The molecule has 2 atom stereocenters. The van der Waals surface area contributed by atoms with E-state index in [-0.39, 0.29) is 11.9 Å². The van der Waals surface area contributed by atoms with Crippen LogP contribution in [0.1, 0.15) is 38.5 Å². The Labute approximate surface area is 97.1 Å². The van der Waals surface area contributed by atoms with E-state index in [4.69, 9.17) is 4.74 Å². The smallest absolute Gasteiger partial charge is 0.237 e. The van der Waals surface area contributed by atoms with E-state index in [1.54, 1.807) is 0 Å². The molecule has 92 valence electrons. The van der Waals surface area contributed by atoms with Crippen molar-refractivity contribution in [1.29, 1.82) is 0 Å². The highest BCUT2D eigenvalue weighted by atomic mass is 16.5. The standard InChI is InChI=1S/C12H22N2O2/c15-12-11(5-1-2-7-14-12)13-8-6-10-4-3-9-16-10/h10-11,13H,1-9H2,(H,14,15). The van der Waals surface area contributed by atoms with Crippen molar-refractivity contribution in [2.45, 2.75) is 50.7 Å². The van der Waals surface area contributed by atoms with Gasteiger partial charge in [0.2, 0.25) is 5.91 Å². The largest absolute Gasteiger partial charge is 0.378 e. The Balaban J connectivity index is 1.65. The minimum Gasteiger partial charge on any atom is -0.378 e. The van der Waals surface area contributed by atoms with Gasteiger partial charge in [0, 0.05) is 13.2 Å². The first-order valence-electron chi connectivity index (χ1n) is 6.49. The van der Waals surface area contributed by atoms with Crippen molar-refractivity contribution in [2.75, 3.05) is 19.7 Å². The van der Waals surface area contributed by atoms with E-state index >= 15 is 0 Å². The van der Waals surface area contributed by atoms with Gasteiger partial charge < -0.3 is 15.4 Å². The zero-order valence-corrected chi connectivity index (χ0v) is 9.84. The summed E-state index contributed by atoms with van der Waals surface area (Å²) >= 11 is 0. The van der Waals surface area contributed by atoms with Crippen molar-refractivity contribution in [3.8, 4) is 0 Å². The minimum absolute atomic E-state index is 0.0175. The first kappa shape index (κ1) is 11.9. The highest BCUT2D eigenvalue weighted by molar-refractivity contribution is 5.81. The zero-order chi connectivity index (χ0) is 11.2. The minimum atomic E-state index is 0.0175. The lowest BCUT2D eigenvalue weighted by Gasteiger charge is -2.16. The first-order chi connectivity index (χ1) is 7.86. The molecule has 0 saturated carbocycles. The number of hydrogen-bond donors (Lipinski definition) is 2. The molecule has 0 aromatic heterocycles. The molecule has 0 radical (unpaired) electrons. The van der Waals surface area contributed by atoms with Gasteiger partial charge in [-0.15, -0.1) is 0 Å². The van der Waals surface area contributed by atoms with Crippen LogP contribution in [0.5, 0.6) is 0 Å². The zero-order valence-electron chi connectivity index (χ0n) is 9.84. The lowest BCUT2D eigenvalue weighted by Crippen LogP contribution is -2.43. The Morgan fingerprint density at radius 1 is 1.31 bits per heavy atom. The molecule has 0 aromatic carbocycles. The van der Waals surface area contributed by atoms with Gasteiger partial charge in [-0.25, -0.2) is 0 Å². The molecule has 16 heavy (non-hydrogen) atoms. The number of rotatable bonds is 4. The van der Waals surface area contributed by atoms with Crippen LogP contribution in [0.15, 0.2) is 0 Å². The second-order valence-corrected chi connectivity index (χ2v) is 4.72. The van der Waals surface area contributed by atoms with Crippen LogP contribution in [-0.4, -0.2) is 37.7 Å². The first-order valence-corrected chi connectivity index (χ1v) is 6.49. The second kappa shape index (κ2) is 6.21.